The highest BCUT2D eigenvalue weighted by molar-refractivity contribution is 5.23. The van der Waals surface area contributed by atoms with E-state index in [2.05, 4.69) is 16.8 Å². The number of nitrogens with one attached hydrogen (secondary N) is 1. The van der Waals surface area contributed by atoms with E-state index in [9.17, 15) is 4.79 Å². The number of piperidine rings is 1. The Bertz CT molecular complexity index is 450. The van der Waals surface area contributed by atoms with Crippen LogP contribution in [-0.2, 0) is 6.54 Å². The van der Waals surface area contributed by atoms with E-state index < -0.39 is 0 Å². The van der Waals surface area contributed by atoms with Gasteiger partial charge in [-0.15, -0.1) is 0 Å². The van der Waals surface area contributed by atoms with E-state index in [1.165, 1.54) is 19.3 Å². The Hall–Kier alpha value is -1.09. The van der Waals surface area contributed by atoms with Gasteiger partial charge in [-0.3, -0.25) is 9.69 Å². The summed E-state index contributed by atoms with van der Waals surface area (Å²) in [5, 5.41) is 0. The molecule has 94 valence electrons. The minimum absolute atomic E-state index is 0.184. The van der Waals surface area contributed by atoms with Crippen LogP contribution in [0.4, 0.5) is 0 Å². The first kappa shape index (κ1) is 12.4. The van der Waals surface area contributed by atoms with Crippen molar-refractivity contribution in [2.45, 2.75) is 52.6 Å². The number of aryl methyl sites for hydroxylation is 1. The predicted molar refractivity (Wildman–Crippen MR) is 70.3 cm³/mol. The van der Waals surface area contributed by atoms with Crippen LogP contribution in [0.5, 0.6) is 0 Å². The van der Waals surface area contributed by atoms with Gasteiger partial charge in [-0.05, 0) is 40.2 Å². The van der Waals surface area contributed by atoms with Gasteiger partial charge in [-0.1, -0.05) is 6.42 Å². The van der Waals surface area contributed by atoms with Crippen LogP contribution < -0.4 is 5.43 Å². The summed E-state index contributed by atoms with van der Waals surface area (Å²) in [6.45, 7) is 8.09. The first-order chi connectivity index (χ1) is 8.09. The molecule has 1 aliphatic heterocycles. The third-order valence-corrected chi connectivity index (χ3v) is 3.92. The van der Waals surface area contributed by atoms with Crippen LogP contribution in [0.2, 0.25) is 0 Å². The summed E-state index contributed by atoms with van der Waals surface area (Å²) in [4.78, 5) is 17.6. The Morgan fingerprint density at radius 2 is 2.18 bits per heavy atom. The molecule has 1 N–H and O–H groups in total. The van der Waals surface area contributed by atoms with E-state index in [1.807, 2.05) is 20.0 Å². The summed E-state index contributed by atoms with van der Waals surface area (Å²) in [5.74, 6) is 0. The topological polar surface area (TPSA) is 36.1 Å². The standard InChI is InChI=1S/C14H22N2O/c1-10-8-15-13(12(3)14(10)17)9-16-7-5-4-6-11(16)2/h8,11H,4-7,9H2,1-3H3,(H,15,17)/t11-/m1/s1. The van der Waals surface area contributed by atoms with Crippen LogP contribution in [-0.4, -0.2) is 22.5 Å². The van der Waals surface area contributed by atoms with E-state index in [0.29, 0.717) is 6.04 Å². The Balaban J connectivity index is 2.18. The maximum Gasteiger partial charge on any atom is 0.187 e. The zero-order chi connectivity index (χ0) is 12.4. The van der Waals surface area contributed by atoms with Gasteiger partial charge in [0.05, 0.1) is 0 Å². The zero-order valence-corrected chi connectivity index (χ0v) is 11.0. The Labute approximate surface area is 103 Å². The number of hydrogen-bond acceptors (Lipinski definition) is 2. The molecule has 1 aromatic heterocycles. The molecule has 0 saturated carbocycles. The van der Waals surface area contributed by atoms with Gasteiger partial charge in [-0.25, -0.2) is 0 Å². The number of aromatic nitrogens is 1. The molecule has 0 radical (unpaired) electrons. The quantitative estimate of drug-likeness (QED) is 0.852. The number of hydrogen-bond donors (Lipinski definition) is 1. The average Bonchev–Trinajstić information content (AvgIpc) is 2.32. The minimum Gasteiger partial charge on any atom is -0.363 e. The van der Waals surface area contributed by atoms with Crippen molar-refractivity contribution in [3.63, 3.8) is 0 Å². The van der Waals surface area contributed by atoms with Crippen molar-refractivity contribution in [2.75, 3.05) is 6.54 Å². The number of likely N-dealkylation sites (tertiary alicyclic amines) is 1. The van der Waals surface area contributed by atoms with Crippen LogP contribution in [0.25, 0.3) is 0 Å². The number of pyridine rings is 1. The molecule has 2 heterocycles. The molecule has 1 aliphatic rings. The molecule has 1 aromatic rings. The average molecular weight is 234 g/mol. The molecule has 3 nitrogen and oxygen atoms in total. The largest absolute Gasteiger partial charge is 0.363 e. The molecule has 2 rings (SSSR count). The van der Waals surface area contributed by atoms with Crippen molar-refractivity contribution >= 4 is 0 Å². The first-order valence-corrected chi connectivity index (χ1v) is 6.51. The number of nitrogens with zero attached hydrogens (tertiary/aromatic N) is 1. The lowest BCUT2D eigenvalue weighted by Gasteiger charge is -2.33. The van der Waals surface area contributed by atoms with Crippen LogP contribution >= 0.6 is 0 Å². The molecular formula is C14H22N2O. The summed E-state index contributed by atoms with van der Waals surface area (Å²) >= 11 is 0. The fraction of sp³-hybridized carbons (Fsp3) is 0.643. The van der Waals surface area contributed by atoms with Crippen molar-refractivity contribution in [3.05, 3.63) is 33.2 Å². The monoisotopic (exact) mass is 234 g/mol. The lowest BCUT2D eigenvalue weighted by Crippen LogP contribution is -2.37. The van der Waals surface area contributed by atoms with E-state index in [4.69, 9.17) is 0 Å². The number of H-pyrrole nitrogens is 1. The Morgan fingerprint density at radius 3 is 2.88 bits per heavy atom. The van der Waals surface area contributed by atoms with Gasteiger partial charge in [0, 0.05) is 35.6 Å². The normalized spacial score (nSPS) is 21.7. The second-order valence-electron chi connectivity index (χ2n) is 5.22. The second kappa shape index (κ2) is 5.05. The highest BCUT2D eigenvalue weighted by Crippen LogP contribution is 2.18. The van der Waals surface area contributed by atoms with Crippen molar-refractivity contribution in [3.8, 4) is 0 Å². The summed E-state index contributed by atoms with van der Waals surface area (Å²) in [5.41, 5.74) is 2.94. The SMILES string of the molecule is Cc1c[nH]c(CN2CCCC[C@H]2C)c(C)c1=O. The molecule has 0 spiro atoms. The molecule has 0 unspecified atom stereocenters. The molecule has 0 bridgehead atoms. The number of rotatable bonds is 2. The van der Waals surface area contributed by atoms with E-state index in [-0.39, 0.29) is 5.43 Å². The summed E-state index contributed by atoms with van der Waals surface area (Å²) in [7, 11) is 0. The third kappa shape index (κ3) is 2.60. The molecule has 1 atom stereocenters. The molecule has 17 heavy (non-hydrogen) atoms. The Morgan fingerprint density at radius 1 is 1.41 bits per heavy atom. The van der Waals surface area contributed by atoms with E-state index >= 15 is 0 Å². The molecular weight excluding hydrogens is 212 g/mol. The smallest absolute Gasteiger partial charge is 0.187 e. The maximum atomic E-state index is 11.9. The van der Waals surface area contributed by atoms with Gasteiger partial charge in [0.1, 0.15) is 0 Å². The summed E-state index contributed by atoms with van der Waals surface area (Å²) in [6.07, 6.45) is 5.72. The molecule has 0 aliphatic carbocycles. The second-order valence-corrected chi connectivity index (χ2v) is 5.22. The van der Waals surface area contributed by atoms with Gasteiger partial charge in [0.2, 0.25) is 0 Å². The molecule has 0 aromatic carbocycles. The molecule has 3 heteroatoms. The van der Waals surface area contributed by atoms with Gasteiger partial charge >= 0.3 is 0 Å². The van der Waals surface area contributed by atoms with E-state index in [0.717, 1.165) is 29.9 Å². The van der Waals surface area contributed by atoms with Crippen molar-refractivity contribution in [2.24, 2.45) is 0 Å². The lowest BCUT2D eigenvalue weighted by atomic mass is 10.0. The Kier molecular flexibility index (Phi) is 3.67. The van der Waals surface area contributed by atoms with Crippen molar-refractivity contribution in [1.29, 1.82) is 0 Å². The molecule has 1 saturated heterocycles. The van der Waals surface area contributed by atoms with Crippen molar-refractivity contribution < 1.29 is 0 Å². The molecule has 0 amide bonds. The van der Waals surface area contributed by atoms with Crippen LogP contribution in [0.3, 0.4) is 0 Å². The van der Waals surface area contributed by atoms with Crippen molar-refractivity contribution in [1.82, 2.24) is 9.88 Å². The van der Waals surface area contributed by atoms with Gasteiger partial charge in [0.15, 0.2) is 5.43 Å². The first-order valence-electron chi connectivity index (χ1n) is 6.51. The number of aromatic amines is 1. The maximum absolute atomic E-state index is 11.9. The summed E-state index contributed by atoms with van der Waals surface area (Å²) < 4.78 is 0. The zero-order valence-electron chi connectivity index (χ0n) is 11.0. The summed E-state index contributed by atoms with van der Waals surface area (Å²) in [6, 6.07) is 0.632. The highest BCUT2D eigenvalue weighted by atomic mass is 16.1. The van der Waals surface area contributed by atoms with Gasteiger partial charge in [0.25, 0.3) is 0 Å². The van der Waals surface area contributed by atoms with Crippen LogP contribution in [0.1, 0.15) is 43.0 Å². The highest BCUT2D eigenvalue weighted by Gasteiger charge is 2.19. The lowest BCUT2D eigenvalue weighted by molar-refractivity contribution is 0.150. The fourth-order valence-corrected chi connectivity index (χ4v) is 2.56. The van der Waals surface area contributed by atoms with Crippen LogP contribution in [0.15, 0.2) is 11.0 Å². The predicted octanol–water partition coefficient (Wildman–Crippen LogP) is 2.37. The molecule has 1 fully saturated rings. The van der Waals surface area contributed by atoms with E-state index in [1.54, 1.807) is 0 Å². The fourth-order valence-electron chi connectivity index (χ4n) is 2.56. The third-order valence-electron chi connectivity index (χ3n) is 3.92. The van der Waals surface area contributed by atoms with Gasteiger partial charge < -0.3 is 4.98 Å². The van der Waals surface area contributed by atoms with Crippen LogP contribution in [0, 0.1) is 13.8 Å². The van der Waals surface area contributed by atoms with Gasteiger partial charge in [-0.2, -0.15) is 0 Å². The minimum atomic E-state index is 0.184.